The molecule has 0 radical (unpaired) electrons. The number of benzene rings is 2. The molecule has 230 valence electrons. The van der Waals surface area contributed by atoms with E-state index in [0.29, 0.717) is 69.7 Å². The van der Waals surface area contributed by atoms with Gasteiger partial charge in [-0.05, 0) is 79.5 Å². The third kappa shape index (κ3) is 6.42. The number of pyridine rings is 1. The zero-order valence-electron chi connectivity index (χ0n) is 25.3. The highest BCUT2D eigenvalue weighted by Gasteiger charge is 2.36. The molecule has 0 saturated carbocycles. The lowest BCUT2D eigenvalue weighted by Crippen LogP contribution is -2.24. The summed E-state index contributed by atoms with van der Waals surface area (Å²) in [5, 5.41) is 8.26. The van der Waals surface area contributed by atoms with Crippen molar-refractivity contribution in [2.45, 2.75) is 58.9 Å². The summed E-state index contributed by atoms with van der Waals surface area (Å²) in [4.78, 5) is 33.2. The van der Waals surface area contributed by atoms with Gasteiger partial charge >= 0.3 is 0 Å². The molecule has 2 amide bonds. The number of nitrogens with two attached hydrogens (primary N) is 1. The number of halogens is 1. The standard InChI is InChI=1S/C26H24FN5O3S.C9H10/c1-3-12-32-13-18-22(26(32)34)23(19-10-11-20(36-19)24(28)33)21(25-31-30-14(2)35-25)17(29-18)9-6-15-4-7-16(27)8-5-15;1-2-5-9-7-3-6-8(9)4-1/h4-5,7-8,10-11H,3,6,9,12-13H2,1-2H3,(H2,28,33);1-2,4-5H,3,6-7H2. The first-order valence-corrected chi connectivity index (χ1v) is 16.0. The van der Waals surface area contributed by atoms with E-state index in [1.807, 2.05) is 6.92 Å². The molecule has 5 aromatic rings. The quantitative estimate of drug-likeness (QED) is 0.205. The predicted octanol–water partition coefficient (Wildman–Crippen LogP) is 6.73. The summed E-state index contributed by atoms with van der Waals surface area (Å²) in [6.45, 7) is 4.71. The van der Waals surface area contributed by atoms with Gasteiger partial charge in [-0.1, -0.05) is 43.3 Å². The SMILES string of the molecule is CCCN1Cc2nc(CCc3ccc(F)cc3)c(-c3nnc(C)o3)c(-c3ccc(C(N)=O)s3)c2C1=O.c1ccc2c(c1)CCC2. The smallest absolute Gasteiger partial charge is 0.258 e. The Hall–Kier alpha value is -4.70. The van der Waals surface area contributed by atoms with Gasteiger partial charge in [0.2, 0.25) is 11.8 Å². The molecular weight excluding hydrogens is 589 g/mol. The third-order valence-corrected chi connectivity index (χ3v) is 9.21. The van der Waals surface area contributed by atoms with Crippen LogP contribution in [0.5, 0.6) is 0 Å². The molecule has 1 aliphatic carbocycles. The normalized spacial score (nSPS) is 13.4. The van der Waals surface area contributed by atoms with Crippen LogP contribution in [0.25, 0.3) is 21.9 Å². The second-order valence-electron chi connectivity index (χ2n) is 11.3. The first-order chi connectivity index (χ1) is 21.8. The minimum absolute atomic E-state index is 0.119. The van der Waals surface area contributed by atoms with Crippen LogP contribution in [-0.4, -0.2) is 38.4 Å². The largest absolute Gasteiger partial charge is 0.421 e. The molecule has 45 heavy (non-hydrogen) atoms. The number of primary amides is 1. The van der Waals surface area contributed by atoms with Gasteiger partial charge in [0.05, 0.1) is 33.9 Å². The highest BCUT2D eigenvalue weighted by Crippen LogP contribution is 2.43. The molecule has 2 N–H and O–H groups in total. The Kier molecular flexibility index (Phi) is 8.84. The third-order valence-electron chi connectivity index (χ3n) is 8.09. The number of hydrogen-bond acceptors (Lipinski definition) is 7. The van der Waals surface area contributed by atoms with E-state index in [1.54, 1.807) is 47.2 Å². The van der Waals surface area contributed by atoms with Crippen LogP contribution >= 0.6 is 11.3 Å². The number of fused-ring (bicyclic) bond motifs is 2. The maximum atomic E-state index is 13.5. The van der Waals surface area contributed by atoms with Crippen LogP contribution in [0.15, 0.2) is 65.1 Å². The summed E-state index contributed by atoms with van der Waals surface area (Å²) >= 11 is 1.21. The Morgan fingerprint density at radius 1 is 0.978 bits per heavy atom. The van der Waals surface area contributed by atoms with Gasteiger partial charge in [-0.3, -0.25) is 14.6 Å². The maximum Gasteiger partial charge on any atom is 0.258 e. The van der Waals surface area contributed by atoms with Gasteiger partial charge in [0.25, 0.3) is 11.8 Å². The van der Waals surface area contributed by atoms with Crippen molar-refractivity contribution in [3.8, 4) is 21.9 Å². The van der Waals surface area contributed by atoms with E-state index < -0.39 is 5.91 Å². The van der Waals surface area contributed by atoms with Crippen LogP contribution in [0.1, 0.15) is 73.8 Å². The molecule has 2 aromatic carbocycles. The average Bonchev–Trinajstić information content (AvgIpc) is 3.84. The lowest BCUT2D eigenvalue weighted by Gasteiger charge is -2.15. The minimum Gasteiger partial charge on any atom is -0.421 e. The van der Waals surface area contributed by atoms with Gasteiger partial charge < -0.3 is 15.1 Å². The summed E-state index contributed by atoms with van der Waals surface area (Å²) in [7, 11) is 0. The summed E-state index contributed by atoms with van der Waals surface area (Å²) in [5.41, 5.74) is 12.7. The van der Waals surface area contributed by atoms with Gasteiger partial charge in [-0.25, -0.2) is 4.39 Å². The summed E-state index contributed by atoms with van der Waals surface area (Å²) < 4.78 is 19.3. The minimum atomic E-state index is -0.539. The number of hydrogen-bond donors (Lipinski definition) is 1. The number of aromatic nitrogens is 3. The lowest BCUT2D eigenvalue weighted by atomic mass is 9.94. The molecule has 0 fully saturated rings. The van der Waals surface area contributed by atoms with Crippen LogP contribution in [-0.2, 0) is 32.2 Å². The fourth-order valence-corrected chi connectivity index (χ4v) is 6.90. The van der Waals surface area contributed by atoms with E-state index in [0.717, 1.165) is 12.0 Å². The predicted molar refractivity (Wildman–Crippen MR) is 171 cm³/mol. The van der Waals surface area contributed by atoms with Gasteiger partial charge in [0.1, 0.15) is 5.82 Å². The molecule has 0 spiro atoms. The van der Waals surface area contributed by atoms with Crippen molar-refractivity contribution in [3.05, 3.63) is 111 Å². The van der Waals surface area contributed by atoms with Crippen LogP contribution in [0.3, 0.4) is 0 Å². The fraction of sp³-hybridized carbons (Fsp3) is 0.286. The molecule has 1 aliphatic heterocycles. The van der Waals surface area contributed by atoms with E-state index in [1.165, 1.54) is 42.7 Å². The number of aryl methyl sites for hydroxylation is 5. The number of amides is 2. The molecule has 8 nitrogen and oxygen atoms in total. The Morgan fingerprint density at radius 3 is 2.33 bits per heavy atom. The number of thiophene rings is 1. The van der Waals surface area contributed by atoms with Crippen molar-refractivity contribution in [2.75, 3.05) is 6.54 Å². The number of carbonyl (C=O) groups excluding carboxylic acids is 2. The van der Waals surface area contributed by atoms with Crippen molar-refractivity contribution in [2.24, 2.45) is 5.73 Å². The first-order valence-electron chi connectivity index (χ1n) is 15.2. The zero-order chi connectivity index (χ0) is 31.5. The summed E-state index contributed by atoms with van der Waals surface area (Å²) in [6.07, 6.45) is 5.87. The Labute approximate surface area is 265 Å². The number of nitrogens with zero attached hydrogens (tertiary/aromatic N) is 4. The fourth-order valence-electron chi connectivity index (χ4n) is 5.98. The van der Waals surface area contributed by atoms with Gasteiger partial charge in [-0.15, -0.1) is 21.5 Å². The van der Waals surface area contributed by atoms with Gasteiger partial charge in [0, 0.05) is 23.9 Å². The maximum absolute atomic E-state index is 13.5. The second-order valence-corrected chi connectivity index (χ2v) is 12.3. The van der Waals surface area contributed by atoms with Crippen LogP contribution < -0.4 is 5.73 Å². The highest BCUT2D eigenvalue weighted by atomic mass is 32.1. The molecule has 0 unspecified atom stereocenters. The van der Waals surface area contributed by atoms with Crippen LogP contribution in [0.2, 0.25) is 0 Å². The zero-order valence-corrected chi connectivity index (χ0v) is 26.1. The van der Waals surface area contributed by atoms with Crippen molar-refractivity contribution in [3.63, 3.8) is 0 Å². The van der Waals surface area contributed by atoms with Crippen molar-refractivity contribution in [1.82, 2.24) is 20.1 Å². The second kappa shape index (κ2) is 13.1. The van der Waals surface area contributed by atoms with Gasteiger partial charge in [-0.2, -0.15) is 0 Å². The molecule has 0 atom stereocenters. The molecule has 7 rings (SSSR count). The van der Waals surface area contributed by atoms with E-state index in [2.05, 4.69) is 34.5 Å². The molecule has 0 saturated heterocycles. The van der Waals surface area contributed by atoms with E-state index in [9.17, 15) is 14.0 Å². The summed E-state index contributed by atoms with van der Waals surface area (Å²) in [6, 6.07) is 18.5. The Morgan fingerprint density at radius 2 is 1.71 bits per heavy atom. The van der Waals surface area contributed by atoms with Crippen molar-refractivity contribution < 1.29 is 18.4 Å². The van der Waals surface area contributed by atoms with Crippen LogP contribution in [0, 0.1) is 12.7 Å². The van der Waals surface area contributed by atoms with E-state index >= 15 is 0 Å². The van der Waals surface area contributed by atoms with Crippen molar-refractivity contribution >= 4 is 23.2 Å². The van der Waals surface area contributed by atoms with Crippen molar-refractivity contribution in [1.29, 1.82) is 0 Å². The molecular formula is C35H34FN5O3S. The Balaban J connectivity index is 0.000000337. The van der Waals surface area contributed by atoms with Crippen LogP contribution in [0.4, 0.5) is 4.39 Å². The molecule has 2 aliphatic rings. The van der Waals surface area contributed by atoms with E-state index in [4.69, 9.17) is 15.1 Å². The number of rotatable bonds is 8. The summed E-state index contributed by atoms with van der Waals surface area (Å²) in [5.74, 6) is -0.323. The molecule has 4 heterocycles. The molecule has 10 heteroatoms. The van der Waals surface area contributed by atoms with Gasteiger partial charge in [0.15, 0.2) is 0 Å². The Bertz CT molecular complexity index is 1840. The monoisotopic (exact) mass is 623 g/mol. The highest BCUT2D eigenvalue weighted by molar-refractivity contribution is 7.17. The lowest BCUT2D eigenvalue weighted by molar-refractivity contribution is 0.0778. The first kappa shape index (κ1) is 30.3. The molecule has 0 bridgehead atoms. The number of carbonyl (C=O) groups is 2. The molecule has 3 aromatic heterocycles. The average molecular weight is 624 g/mol. The van der Waals surface area contributed by atoms with E-state index in [-0.39, 0.29) is 17.6 Å². The topological polar surface area (TPSA) is 115 Å².